The van der Waals surface area contributed by atoms with Crippen LogP contribution < -0.4 is 5.32 Å². The molecule has 0 aliphatic carbocycles. The van der Waals surface area contributed by atoms with Crippen molar-refractivity contribution in [1.82, 2.24) is 5.32 Å². The molecule has 0 fully saturated rings. The Labute approximate surface area is 139 Å². The molecule has 6 heteroatoms. The first-order chi connectivity index (χ1) is 11.1. The molecule has 24 heavy (non-hydrogen) atoms. The summed E-state index contributed by atoms with van der Waals surface area (Å²) in [7, 11) is 0. The Kier molecular flexibility index (Phi) is 4.78. The lowest BCUT2D eigenvalue weighted by atomic mass is 10.0. The third-order valence-corrected chi connectivity index (χ3v) is 3.24. The fourth-order valence-electron chi connectivity index (χ4n) is 2.05. The number of hydrogen-bond donors (Lipinski definition) is 1. The quantitative estimate of drug-likeness (QED) is 0.858. The highest BCUT2D eigenvalue weighted by molar-refractivity contribution is 5.77. The van der Waals surface area contributed by atoms with Gasteiger partial charge in [0.1, 0.15) is 22.9 Å². The number of aldehydes is 1. The first-order valence-corrected chi connectivity index (χ1v) is 7.47. The summed E-state index contributed by atoms with van der Waals surface area (Å²) in [6.45, 7) is 6.69. The minimum absolute atomic E-state index is 0.252. The molecule has 1 unspecified atom stereocenters. The fraction of sp³-hybridized carbons (Fsp3) is 0.333. The van der Waals surface area contributed by atoms with Crippen molar-refractivity contribution in [2.45, 2.75) is 38.8 Å². The van der Waals surface area contributed by atoms with Crippen LogP contribution in [-0.2, 0) is 15.1 Å². The molecule has 0 aliphatic heterocycles. The zero-order valence-corrected chi connectivity index (χ0v) is 14.1. The summed E-state index contributed by atoms with van der Waals surface area (Å²) in [6, 6.07) is 9.01. The van der Waals surface area contributed by atoms with Crippen molar-refractivity contribution in [2.24, 2.45) is 0 Å². The standard InChI is InChI=1S/C18H20FNO4/c1-17(2,3)24-16(22)20-18(4,11-21)15-10-9-14(23-15)12-5-7-13(19)8-6-12/h5-11H,1-4H3,(H,20,22). The van der Waals surface area contributed by atoms with E-state index in [1.54, 1.807) is 45.0 Å². The average molecular weight is 333 g/mol. The van der Waals surface area contributed by atoms with Crippen molar-refractivity contribution in [3.8, 4) is 11.3 Å². The van der Waals surface area contributed by atoms with E-state index >= 15 is 0 Å². The minimum atomic E-state index is -1.37. The number of ether oxygens (including phenoxy) is 1. The molecule has 1 amide bonds. The fourth-order valence-corrected chi connectivity index (χ4v) is 2.05. The smallest absolute Gasteiger partial charge is 0.408 e. The molecule has 0 bridgehead atoms. The number of carbonyl (C=O) groups is 2. The zero-order chi connectivity index (χ0) is 18.0. The lowest BCUT2D eigenvalue weighted by molar-refractivity contribution is -0.113. The van der Waals surface area contributed by atoms with Gasteiger partial charge in [-0.1, -0.05) is 0 Å². The second-order valence-corrected chi connectivity index (χ2v) is 6.62. The monoisotopic (exact) mass is 333 g/mol. The number of carbonyl (C=O) groups excluding carboxylic acids is 2. The average Bonchev–Trinajstić information content (AvgIpc) is 2.96. The van der Waals surface area contributed by atoms with Gasteiger partial charge in [-0.15, -0.1) is 0 Å². The van der Waals surface area contributed by atoms with Gasteiger partial charge < -0.3 is 19.3 Å². The molecular weight excluding hydrogens is 313 g/mol. The van der Waals surface area contributed by atoms with Crippen molar-refractivity contribution in [3.05, 3.63) is 48.0 Å². The lowest BCUT2D eigenvalue weighted by Gasteiger charge is -2.26. The van der Waals surface area contributed by atoms with E-state index in [4.69, 9.17) is 9.15 Å². The van der Waals surface area contributed by atoms with Crippen LogP contribution in [0.4, 0.5) is 9.18 Å². The molecule has 1 heterocycles. The summed E-state index contributed by atoms with van der Waals surface area (Å²) in [5, 5.41) is 2.51. The van der Waals surface area contributed by atoms with Crippen LogP contribution in [0.1, 0.15) is 33.5 Å². The van der Waals surface area contributed by atoms with Crippen LogP contribution in [0.5, 0.6) is 0 Å². The topological polar surface area (TPSA) is 68.5 Å². The predicted octanol–water partition coefficient (Wildman–Crippen LogP) is 4.02. The van der Waals surface area contributed by atoms with E-state index in [0.717, 1.165) is 0 Å². The molecule has 5 nitrogen and oxygen atoms in total. The van der Waals surface area contributed by atoms with Crippen LogP contribution in [-0.4, -0.2) is 18.0 Å². The number of halogens is 1. The SMILES string of the molecule is CC(C)(C)OC(=O)NC(C)(C=O)c1ccc(-c2ccc(F)cc2)o1. The third kappa shape index (κ3) is 4.22. The Hall–Kier alpha value is -2.63. The number of alkyl carbamates (subject to hydrolysis) is 1. The molecule has 2 rings (SSSR count). The van der Waals surface area contributed by atoms with Gasteiger partial charge in [-0.25, -0.2) is 9.18 Å². The summed E-state index contributed by atoms with van der Waals surface area (Å²) >= 11 is 0. The Morgan fingerprint density at radius 3 is 2.29 bits per heavy atom. The lowest BCUT2D eigenvalue weighted by Crippen LogP contribution is -2.46. The maximum Gasteiger partial charge on any atom is 0.408 e. The van der Waals surface area contributed by atoms with E-state index in [-0.39, 0.29) is 11.6 Å². The Bertz CT molecular complexity index is 730. The van der Waals surface area contributed by atoms with Crippen LogP contribution in [0, 0.1) is 5.82 Å². The van der Waals surface area contributed by atoms with Crippen molar-refractivity contribution < 1.29 is 23.1 Å². The van der Waals surface area contributed by atoms with Crippen molar-refractivity contribution in [2.75, 3.05) is 0 Å². The van der Waals surface area contributed by atoms with E-state index in [2.05, 4.69) is 5.32 Å². The number of rotatable bonds is 4. The van der Waals surface area contributed by atoms with Crippen LogP contribution in [0.15, 0.2) is 40.8 Å². The molecular formula is C18H20FNO4. The van der Waals surface area contributed by atoms with Crippen molar-refractivity contribution in [1.29, 1.82) is 0 Å². The second-order valence-electron chi connectivity index (χ2n) is 6.62. The molecule has 1 aromatic carbocycles. The van der Waals surface area contributed by atoms with E-state index in [9.17, 15) is 14.0 Å². The third-order valence-electron chi connectivity index (χ3n) is 3.24. The highest BCUT2D eigenvalue weighted by Gasteiger charge is 2.33. The van der Waals surface area contributed by atoms with Gasteiger partial charge in [-0.05, 0) is 64.1 Å². The van der Waals surface area contributed by atoms with Gasteiger partial charge >= 0.3 is 6.09 Å². The van der Waals surface area contributed by atoms with Gasteiger partial charge in [-0.2, -0.15) is 0 Å². The summed E-state index contributed by atoms with van der Waals surface area (Å²) in [5.41, 5.74) is -1.40. The Morgan fingerprint density at radius 2 is 1.75 bits per heavy atom. The number of nitrogens with one attached hydrogen (secondary N) is 1. The second kappa shape index (κ2) is 6.47. The number of furan rings is 1. The summed E-state index contributed by atoms with van der Waals surface area (Å²) in [6.07, 6.45) is -0.152. The van der Waals surface area contributed by atoms with E-state index in [1.165, 1.54) is 19.1 Å². The van der Waals surface area contributed by atoms with Gasteiger partial charge in [0.2, 0.25) is 0 Å². The normalized spacial score (nSPS) is 13.9. The summed E-state index contributed by atoms with van der Waals surface area (Å²) < 4.78 is 23.8. The van der Waals surface area contributed by atoms with Crippen LogP contribution in [0.25, 0.3) is 11.3 Å². The van der Waals surface area contributed by atoms with Crippen molar-refractivity contribution in [3.63, 3.8) is 0 Å². The van der Waals surface area contributed by atoms with Crippen LogP contribution in [0.3, 0.4) is 0 Å². The first kappa shape index (κ1) is 17.7. The Balaban J connectivity index is 2.23. The highest BCUT2D eigenvalue weighted by atomic mass is 19.1. The molecule has 1 N–H and O–H groups in total. The number of benzene rings is 1. The molecule has 0 spiro atoms. The van der Waals surface area contributed by atoms with E-state index < -0.39 is 17.2 Å². The molecule has 0 saturated carbocycles. The number of hydrogen-bond acceptors (Lipinski definition) is 4. The molecule has 1 aromatic heterocycles. The van der Waals surface area contributed by atoms with Gasteiger partial charge in [0.05, 0.1) is 0 Å². The minimum Gasteiger partial charge on any atom is -0.458 e. The zero-order valence-electron chi connectivity index (χ0n) is 14.1. The van der Waals surface area contributed by atoms with Crippen LogP contribution in [0.2, 0.25) is 0 Å². The molecule has 1 atom stereocenters. The van der Waals surface area contributed by atoms with Crippen molar-refractivity contribution >= 4 is 12.4 Å². The van der Waals surface area contributed by atoms with E-state index in [0.29, 0.717) is 17.6 Å². The maximum atomic E-state index is 13.0. The highest BCUT2D eigenvalue weighted by Crippen LogP contribution is 2.28. The predicted molar refractivity (Wildman–Crippen MR) is 86.9 cm³/mol. The molecule has 0 aliphatic rings. The molecule has 2 aromatic rings. The summed E-state index contributed by atoms with van der Waals surface area (Å²) in [4.78, 5) is 23.5. The van der Waals surface area contributed by atoms with E-state index in [1.807, 2.05) is 0 Å². The van der Waals surface area contributed by atoms with Crippen LogP contribution >= 0.6 is 0 Å². The van der Waals surface area contributed by atoms with Gasteiger partial charge in [0, 0.05) is 5.56 Å². The maximum absolute atomic E-state index is 13.0. The molecule has 128 valence electrons. The van der Waals surface area contributed by atoms with Gasteiger partial charge in [0.25, 0.3) is 0 Å². The van der Waals surface area contributed by atoms with Gasteiger partial charge in [0.15, 0.2) is 11.8 Å². The first-order valence-electron chi connectivity index (χ1n) is 7.47. The molecule has 0 radical (unpaired) electrons. The largest absolute Gasteiger partial charge is 0.458 e. The Morgan fingerprint density at radius 1 is 1.12 bits per heavy atom. The molecule has 0 saturated heterocycles. The van der Waals surface area contributed by atoms with Gasteiger partial charge in [-0.3, -0.25) is 0 Å². The summed E-state index contributed by atoms with van der Waals surface area (Å²) in [5.74, 6) is 0.363. The number of amides is 1.